The lowest BCUT2D eigenvalue weighted by Gasteiger charge is -2.17. The molecule has 5 heteroatoms. The Labute approximate surface area is 116 Å². The van der Waals surface area contributed by atoms with Gasteiger partial charge in [-0.2, -0.15) is 0 Å². The fourth-order valence-electron chi connectivity index (χ4n) is 1.26. The van der Waals surface area contributed by atoms with Gasteiger partial charge in [0.1, 0.15) is 11.4 Å². The van der Waals surface area contributed by atoms with Crippen molar-refractivity contribution in [3.8, 4) is 0 Å². The monoisotopic (exact) mass is 281 g/mol. The summed E-state index contributed by atoms with van der Waals surface area (Å²) in [5.74, 6) is -1.19. The fourth-order valence-corrected chi connectivity index (χ4v) is 1.47. The Morgan fingerprint density at radius 2 is 2.11 bits per heavy atom. The van der Waals surface area contributed by atoms with Crippen LogP contribution in [0.25, 0.3) is 10.9 Å². The molecule has 1 rings (SSSR count). The van der Waals surface area contributed by atoms with Gasteiger partial charge in [-0.25, -0.2) is 14.0 Å². The summed E-state index contributed by atoms with van der Waals surface area (Å²) in [5, 5.41) is 0.139. The lowest BCUT2D eigenvalue weighted by Crippen LogP contribution is -2.22. The first-order valence-electron chi connectivity index (χ1n) is 5.50. The standard InChI is InChI=1S/C14H13ClFNO2/c1-14(2,3)19-13(18)6-5-9-7-10(15)12(17-4)8-11(9)16/h5-8H,1-3H3. The number of hydrogen-bond donors (Lipinski definition) is 0. The molecule has 0 atom stereocenters. The van der Waals surface area contributed by atoms with E-state index in [0.29, 0.717) is 0 Å². The molecule has 0 aliphatic heterocycles. The quantitative estimate of drug-likeness (QED) is 0.457. The molecule has 0 radical (unpaired) electrons. The molecule has 0 saturated carbocycles. The van der Waals surface area contributed by atoms with Crippen molar-refractivity contribution >= 4 is 29.3 Å². The first-order chi connectivity index (χ1) is 8.73. The van der Waals surface area contributed by atoms with E-state index in [9.17, 15) is 9.18 Å². The van der Waals surface area contributed by atoms with Crippen LogP contribution in [0.4, 0.5) is 10.1 Å². The highest BCUT2D eigenvalue weighted by Gasteiger charge is 2.14. The molecule has 100 valence electrons. The molecule has 0 fully saturated rings. The Morgan fingerprint density at radius 3 is 2.63 bits per heavy atom. The van der Waals surface area contributed by atoms with Crippen LogP contribution in [-0.2, 0) is 9.53 Å². The van der Waals surface area contributed by atoms with Crippen LogP contribution in [-0.4, -0.2) is 11.6 Å². The zero-order valence-electron chi connectivity index (χ0n) is 10.8. The van der Waals surface area contributed by atoms with Crippen molar-refractivity contribution in [2.45, 2.75) is 26.4 Å². The van der Waals surface area contributed by atoms with Gasteiger partial charge in [0.05, 0.1) is 6.57 Å². The van der Waals surface area contributed by atoms with Crippen LogP contribution in [0.5, 0.6) is 0 Å². The summed E-state index contributed by atoms with van der Waals surface area (Å²) in [6.45, 7) is 12.0. The molecular formula is C14H13ClFNO2. The van der Waals surface area contributed by atoms with Crippen LogP contribution < -0.4 is 0 Å². The van der Waals surface area contributed by atoms with E-state index in [2.05, 4.69) is 4.85 Å². The summed E-state index contributed by atoms with van der Waals surface area (Å²) >= 11 is 5.79. The van der Waals surface area contributed by atoms with E-state index in [1.54, 1.807) is 20.8 Å². The molecule has 0 bridgehead atoms. The second-order valence-electron chi connectivity index (χ2n) is 4.80. The molecule has 0 N–H and O–H groups in total. The number of nitrogens with zero attached hydrogens (tertiary/aromatic N) is 1. The van der Waals surface area contributed by atoms with Gasteiger partial charge in [0.15, 0.2) is 0 Å². The number of carbonyl (C=O) groups is 1. The average Bonchev–Trinajstić information content (AvgIpc) is 2.27. The summed E-state index contributed by atoms with van der Waals surface area (Å²) in [6.07, 6.45) is 2.39. The number of benzene rings is 1. The zero-order chi connectivity index (χ0) is 14.6. The van der Waals surface area contributed by atoms with E-state index in [-0.39, 0.29) is 16.3 Å². The minimum absolute atomic E-state index is 0.0357. The minimum Gasteiger partial charge on any atom is -0.457 e. The maximum absolute atomic E-state index is 13.6. The van der Waals surface area contributed by atoms with Crippen molar-refractivity contribution in [2.24, 2.45) is 0 Å². The van der Waals surface area contributed by atoms with E-state index in [0.717, 1.165) is 12.1 Å². The summed E-state index contributed by atoms with van der Waals surface area (Å²) < 4.78 is 18.6. The normalized spacial score (nSPS) is 11.4. The van der Waals surface area contributed by atoms with Crippen molar-refractivity contribution in [3.05, 3.63) is 46.0 Å². The molecule has 0 amide bonds. The third kappa shape index (κ3) is 4.72. The molecule has 0 unspecified atom stereocenters. The predicted octanol–water partition coefficient (Wildman–Crippen LogP) is 4.38. The Balaban J connectivity index is 2.92. The van der Waals surface area contributed by atoms with Crippen LogP contribution in [0, 0.1) is 12.4 Å². The smallest absolute Gasteiger partial charge is 0.331 e. The molecule has 19 heavy (non-hydrogen) atoms. The highest BCUT2D eigenvalue weighted by atomic mass is 35.5. The summed E-state index contributed by atoms with van der Waals surface area (Å²) in [5.41, 5.74) is -0.442. The van der Waals surface area contributed by atoms with Gasteiger partial charge in [-0.3, -0.25) is 0 Å². The Bertz CT molecular complexity index is 568. The highest BCUT2D eigenvalue weighted by Crippen LogP contribution is 2.28. The highest BCUT2D eigenvalue weighted by molar-refractivity contribution is 6.33. The molecule has 1 aromatic carbocycles. The maximum Gasteiger partial charge on any atom is 0.331 e. The van der Waals surface area contributed by atoms with Gasteiger partial charge in [-0.15, -0.1) is 0 Å². The van der Waals surface area contributed by atoms with Crippen molar-refractivity contribution < 1.29 is 13.9 Å². The second kappa shape index (κ2) is 5.85. The fraction of sp³-hybridized carbons (Fsp3) is 0.286. The number of esters is 1. The van der Waals surface area contributed by atoms with Gasteiger partial charge in [0, 0.05) is 16.7 Å². The van der Waals surface area contributed by atoms with Gasteiger partial charge < -0.3 is 4.74 Å². The average molecular weight is 282 g/mol. The van der Waals surface area contributed by atoms with Crippen molar-refractivity contribution in [1.29, 1.82) is 0 Å². The van der Waals surface area contributed by atoms with E-state index in [1.165, 1.54) is 12.1 Å². The lowest BCUT2D eigenvalue weighted by atomic mass is 10.1. The molecular weight excluding hydrogens is 269 g/mol. The molecule has 0 aromatic heterocycles. The van der Waals surface area contributed by atoms with E-state index < -0.39 is 17.4 Å². The van der Waals surface area contributed by atoms with Crippen LogP contribution in [0.3, 0.4) is 0 Å². The largest absolute Gasteiger partial charge is 0.457 e. The molecule has 0 spiro atoms. The Hall–Kier alpha value is -1.86. The molecule has 0 heterocycles. The molecule has 0 aliphatic carbocycles. The van der Waals surface area contributed by atoms with Gasteiger partial charge in [-0.1, -0.05) is 11.6 Å². The van der Waals surface area contributed by atoms with E-state index >= 15 is 0 Å². The summed E-state index contributed by atoms with van der Waals surface area (Å²) in [4.78, 5) is 14.5. The maximum atomic E-state index is 13.6. The first kappa shape index (κ1) is 15.2. The number of halogens is 2. The van der Waals surface area contributed by atoms with Crippen molar-refractivity contribution in [1.82, 2.24) is 0 Å². The van der Waals surface area contributed by atoms with Gasteiger partial charge in [0.2, 0.25) is 5.69 Å². The Morgan fingerprint density at radius 1 is 1.47 bits per heavy atom. The van der Waals surface area contributed by atoms with Crippen LogP contribution in [0.1, 0.15) is 26.3 Å². The van der Waals surface area contributed by atoms with E-state index in [1.807, 2.05) is 0 Å². The molecule has 1 aromatic rings. The number of hydrogen-bond acceptors (Lipinski definition) is 2. The molecule has 0 saturated heterocycles. The topological polar surface area (TPSA) is 30.7 Å². The number of rotatable bonds is 2. The SMILES string of the molecule is [C-]#[N+]c1cc(F)c(C=CC(=O)OC(C)(C)C)cc1Cl. The second-order valence-corrected chi connectivity index (χ2v) is 5.21. The van der Waals surface area contributed by atoms with Crippen molar-refractivity contribution in [2.75, 3.05) is 0 Å². The first-order valence-corrected chi connectivity index (χ1v) is 5.88. The van der Waals surface area contributed by atoms with Crippen LogP contribution in [0.2, 0.25) is 5.02 Å². The third-order valence-corrected chi connectivity index (χ3v) is 2.30. The molecule has 0 aliphatic rings. The summed E-state index contributed by atoms with van der Waals surface area (Å²) in [7, 11) is 0. The number of carbonyl (C=O) groups excluding carboxylic acids is 1. The van der Waals surface area contributed by atoms with E-state index in [4.69, 9.17) is 22.9 Å². The Kier molecular flexibility index (Phi) is 4.68. The van der Waals surface area contributed by atoms with Crippen molar-refractivity contribution in [3.63, 3.8) is 0 Å². The van der Waals surface area contributed by atoms with Gasteiger partial charge in [-0.05, 0) is 39.0 Å². The zero-order valence-corrected chi connectivity index (χ0v) is 11.6. The minimum atomic E-state index is -0.616. The predicted molar refractivity (Wildman–Crippen MR) is 72.6 cm³/mol. The molecule has 3 nitrogen and oxygen atoms in total. The van der Waals surface area contributed by atoms with Crippen LogP contribution in [0.15, 0.2) is 18.2 Å². The van der Waals surface area contributed by atoms with Crippen LogP contribution >= 0.6 is 11.6 Å². The van der Waals surface area contributed by atoms with Gasteiger partial charge >= 0.3 is 5.97 Å². The number of ether oxygens (including phenoxy) is 1. The summed E-state index contributed by atoms with van der Waals surface area (Å²) in [6, 6.07) is 2.33. The lowest BCUT2D eigenvalue weighted by molar-refractivity contribution is -0.148. The van der Waals surface area contributed by atoms with Gasteiger partial charge in [0.25, 0.3) is 0 Å². The third-order valence-electron chi connectivity index (χ3n) is 1.99.